The van der Waals surface area contributed by atoms with Gasteiger partial charge in [0.15, 0.2) is 17.2 Å². The van der Waals surface area contributed by atoms with E-state index in [-0.39, 0.29) is 23.8 Å². The van der Waals surface area contributed by atoms with Crippen molar-refractivity contribution in [2.45, 2.75) is 18.1 Å². The molecule has 1 saturated heterocycles. The molecule has 0 aliphatic carbocycles. The van der Waals surface area contributed by atoms with Gasteiger partial charge in [0, 0.05) is 17.9 Å². The number of phenolic OH excluding ortho intramolecular Hbond substituents is 1. The smallest absolute Gasteiger partial charge is 0.231 e. The SMILES string of the molecule is COc1ccc([C@@]2(O)CSC3=C(C#N)[C@@H](c4cccc(O)c4)CC(=O)N32)cc1OC. The Hall–Kier alpha value is -3.15. The lowest BCUT2D eigenvalue weighted by Crippen LogP contribution is -2.48. The summed E-state index contributed by atoms with van der Waals surface area (Å²) in [5.74, 6) is 0.444. The molecule has 4 rings (SSSR count). The van der Waals surface area contributed by atoms with E-state index in [9.17, 15) is 20.3 Å². The van der Waals surface area contributed by atoms with E-state index in [4.69, 9.17) is 9.47 Å². The number of hydrogen-bond acceptors (Lipinski definition) is 7. The third kappa shape index (κ3) is 3.07. The molecule has 2 aliphatic heterocycles. The van der Waals surface area contributed by atoms with Crippen molar-refractivity contribution >= 4 is 17.7 Å². The highest BCUT2D eigenvalue weighted by Crippen LogP contribution is 2.52. The van der Waals surface area contributed by atoms with Crippen LogP contribution in [0, 0.1) is 11.3 Å². The molecule has 0 unspecified atom stereocenters. The fourth-order valence-electron chi connectivity index (χ4n) is 3.95. The van der Waals surface area contributed by atoms with Crippen LogP contribution in [0.2, 0.25) is 0 Å². The summed E-state index contributed by atoms with van der Waals surface area (Å²) in [5.41, 5.74) is -0.0392. The summed E-state index contributed by atoms with van der Waals surface area (Å²) in [6, 6.07) is 13.8. The average molecular weight is 424 g/mol. The third-order valence-corrected chi connectivity index (χ3v) is 6.65. The number of aromatic hydroxyl groups is 1. The van der Waals surface area contributed by atoms with Gasteiger partial charge in [0.1, 0.15) is 5.75 Å². The number of fused-ring (bicyclic) bond motifs is 1. The molecule has 154 valence electrons. The van der Waals surface area contributed by atoms with Crippen molar-refractivity contribution < 1.29 is 24.5 Å². The molecule has 1 fully saturated rings. The maximum absolute atomic E-state index is 13.2. The predicted octanol–water partition coefficient (Wildman–Crippen LogP) is 3.05. The van der Waals surface area contributed by atoms with E-state index < -0.39 is 11.6 Å². The molecule has 1 amide bonds. The van der Waals surface area contributed by atoms with Crippen LogP contribution < -0.4 is 9.47 Å². The lowest BCUT2D eigenvalue weighted by atomic mass is 9.85. The third-order valence-electron chi connectivity index (χ3n) is 5.43. The zero-order valence-corrected chi connectivity index (χ0v) is 17.3. The number of benzene rings is 2. The zero-order chi connectivity index (χ0) is 21.5. The Morgan fingerprint density at radius 2 is 1.97 bits per heavy atom. The monoisotopic (exact) mass is 424 g/mol. The van der Waals surface area contributed by atoms with Crippen LogP contribution in [0.5, 0.6) is 17.2 Å². The van der Waals surface area contributed by atoms with E-state index in [1.807, 2.05) is 0 Å². The standard InChI is InChI=1S/C22H20N2O5S/c1-28-18-7-6-14(9-19(18)29-2)22(27)12-30-21-17(11-23)16(10-20(26)24(21)22)13-4-3-5-15(25)8-13/h3-9,16,25,27H,10,12H2,1-2H3/t16-,22+/m1/s1. The largest absolute Gasteiger partial charge is 0.508 e. The van der Waals surface area contributed by atoms with E-state index in [1.54, 1.807) is 42.5 Å². The Kier molecular flexibility index (Phi) is 5.10. The Morgan fingerprint density at radius 1 is 1.20 bits per heavy atom. The Morgan fingerprint density at radius 3 is 2.63 bits per heavy atom. The number of ether oxygens (including phenoxy) is 2. The Bertz CT molecular complexity index is 1090. The molecule has 0 aromatic heterocycles. The van der Waals surface area contributed by atoms with E-state index >= 15 is 0 Å². The molecule has 0 saturated carbocycles. The summed E-state index contributed by atoms with van der Waals surface area (Å²) in [4.78, 5) is 14.5. The van der Waals surface area contributed by atoms with Gasteiger partial charge in [-0.25, -0.2) is 0 Å². The number of hydrogen-bond donors (Lipinski definition) is 2. The summed E-state index contributed by atoms with van der Waals surface area (Å²) in [6.45, 7) is 0. The van der Waals surface area contributed by atoms with Crippen molar-refractivity contribution in [1.82, 2.24) is 4.90 Å². The zero-order valence-electron chi connectivity index (χ0n) is 16.5. The Labute approximate surface area is 178 Å². The topological polar surface area (TPSA) is 103 Å². The number of methoxy groups -OCH3 is 2. The summed E-state index contributed by atoms with van der Waals surface area (Å²) in [6.07, 6.45) is 0.0198. The molecule has 0 bridgehead atoms. The van der Waals surface area contributed by atoms with Crippen LogP contribution in [0.4, 0.5) is 0 Å². The van der Waals surface area contributed by atoms with Gasteiger partial charge in [0.25, 0.3) is 0 Å². The van der Waals surface area contributed by atoms with Crippen molar-refractivity contribution in [3.8, 4) is 23.3 Å². The van der Waals surface area contributed by atoms with Crippen molar-refractivity contribution in [3.05, 3.63) is 64.2 Å². The second-order valence-corrected chi connectivity index (χ2v) is 8.05. The van der Waals surface area contributed by atoms with Gasteiger partial charge in [-0.1, -0.05) is 18.2 Å². The van der Waals surface area contributed by atoms with Gasteiger partial charge in [-0.2, -0.15) is 5.26 Å². The summed E-state index contributed by atoms with van der Waals surface area (Å²) in [5, 5.41) is 31.7. The predicted molar refractivity (Wildman–Crippen MR) is 111 cm³/mol. The molecule has 7 nitrogen and oxygen atoms in total. The number of allylic oxidation sites excluding steroid dienone is 1. The van der Waals surface area contributed by atoms with Gasteiger partial charge < -0.3 is 19.7 Å². The molecular formula is C22H20N2O5S. The van der Waals surface area contributed by atoms with Crippen LogP contribution in [0.1, 0.15) is 23.5 Å². The number of aliphatic hydroxyl groups is 1. The fraction of sp³-hybridized carbons (Fsp3) is 0.273. The Balaban J connectivity index is 1.80. The average Bonchev–Trinajstić information content (AvgIpc) is 3.12. The molecule has 2 N–H and O–H groups in total. The quantitative estimate of drug-likeness (QED) is 0.778. The number of nitriles is 1. The maximum Gasteiger partial charge on any atom is 0.231 e. The summed E-state index contributed by atoms with van der Waals surface area (Å²) in [7, 11) is 3.02. The van der Waals surface area contributed by atoms with E-state index in [1.165, 1.54) is 30.9 Å². The molecule has 8 heteroatoms. The first-order valence-corrected chi connectivity index (χ1v) is 10.3. The van der Waals surface area contributed by atoms with Crippen LogP contribution in [-0.4, -0.2) is 41.0 Å². The molecule has 2 heterocycles. The van der Waals surface area contributed by atoms with Gasteiger partial charge >= 0.3 is 0 Å². The highest BCUT2D eigenvalue weighted by Gasteiger charge is 2.52. The highest BCUT2D eigenvalue weighted by molar-refractivity contribution is 8.03. The maximum atomic E-state index is 13.2. The van der Waals surface area contributed by atoms with Gasteiger partial charge in [-0.05, 0) is 29.8 Å². The van der Waals surface area contributed by atoms with Crippen LogP contribution >= 0.6 is 11.8 Å². The molecule has 0 radical (unpaired) electrons. The number of thioether (sulfide) groups is 1. The second-order valence-electron chi connectivity index (χ2n) is 7.09. The van der Waals surface area contributed by atoms with Gasteiger partial charge in [0.2, 0.25) is 5.91 Å². The lowest BCUT2D eigenvalue weighted by molar-refractivity contribution is -0.149. The van der Waals surface area contributed by atoms with Crippen molar-refractivity contribution in [2.24, 2.45) is 0 Å². The van der Waals surface area contributed by atoms with Crippen LogP contribution in [0.25, 0.3) is 0 Å². The van der Waals surface area contributed by atoms with Crippen LogP contribution in [-0.2, 0) is 10.5 Å². The first kappa shape index (κ1) is 20.1. The number of carbonyl (C=O) groups excluding carboxylic acids is 1. The molecule has 0 spiro atoms. The van der Waals surface area contributed by atoms with Crippen molar-refractivity contribution in [1.29, 1.82) is 5.26 Å². The summed E-state index contributed by atoms with van der Waals surface area (Å²) >= 11 is 1.27. The van der Waals surface area contributed by atoms with Crippen molar-refractivity contribution in [3.63, 3.8) is 0 Å². The molecule has 2 aromatic carbocycles. The first-order chi connectivity index (χ1) is 14.4. The highest BCUT2D eigenvalue weighted by atomic mass is 32.2. The van der Waals surface area contributed by atoms with E-state index in [0.717, 1.165) is 0 Å². The van der Waals surface area contributed by atoms with Gasteiger partial charge in [0.05, 0.1) is 36.6 Å². The van der Waals surface area contributed by atoms with Crippen LogP contribution in [0.3, 0.4) is 0 Å². The lowest BCUT2D eigenvalue weighted by Gasteiger charge is -2.38. The molecule has 2 atom stereocenters. The number of rotatable bonds is 4. The summed E-state index contributed by atoms with van der Waals surface area (Å²) < 4.78 is 10.6. The fourth-order valence-corrected chi connectivity index (χ4v) is 5.31. The van der Waals surface area contributed by atoms with Gasteiger partial charge in [-0.15, -0.1) is 11.8 Å². The first-order valence-electron chi connectivity index (χ1n) is 9.27. The van der Waals surface area contributed by atoms with Crippen LogP contribution in [0.15, 0.2) is 53.1 Å². The molecular weight excluding hydrogens is 404 g/mol. The van der Waals surface area contributed by atoms with E-state index in [2.05, 4.69) is 6.07 Å². The molecule has 2 aliphatic rings. The normalized spacial score (nSPS) is 23.2. The minimum Gasteiger partial charge on any atom is -0.508 e. The molecule has 30 heavy (non-hydrogen) atoms. The second kappa shape index (κ2) is 7.59. The molecule has 2 aromatic rings. The minimum atomic E-state index is -1.61. The van der Waals surface area contributed by atoms with Gasteiger partial charge in [-0.3, -0.25) is 9.69 Å². The number of amides is 1. The number of nitrogens with zero attached hydrogens (tertiary/aromatic N) is 2. The van der Waals surface area contributed by atoms with Crippen molar-refractivity contribution in [2.75, 3.05) is 20.0 Å². The van der Waals surface area contributed by atoms with E-state index in [0.29, 0.717) is 33.2 Å². The number of carbonyl (C=O) groups is 1. The minimum absolute atomic E-state index is 0.0198. The number of phenols is 1.